The highest BCUT2D eigenvalue weighted by atomic mass is 16.2. The standard InChI is InChI=1S/C14H16N4O/c15-13(19)18-7-14(8-18)6-16-5-11-12(14)9-3-1-2-4-10(9)17-11/h1-4,12,16H,5-8H2,(H2,15,19). The van der Waals surface area contributed by atoms with Gasteiger partial charge in [0.15, 0.2) is 0 Å². The van der Waals surface area contributed by atoms with E-state index in [-0.39, 0.29) is 11.4 Å². The molecule has 2 amide bonds. The minimum Gasteiger partial charge on any atom is -0.351 e. The molecule has 1 aromatic rings. The molecule has 98 valence electrons. The number of para-hydroxylation sites is 1. The highest BCUT2D eigenvalue weighted by molar-refractivity contribution is 6.01. The fourth-order valence-corrected chi connectivity index (χ4v) is 3.76. The van der Waals surface area contributed by atoms with Gasteiger partial charge in [-0.3, -0.25) is 4.99 Å². The number of aliphatic imine (C=N–C) groups is 1. The highest BCUT2D eigenvalue weighted by Gasteiger charge is 2.55. The molecule has 2 saturated heterocycles. The molecule has 1 spiro atoms. The number of hydrogen-bond acceptors (Lipinski definition) is 3. The van der Waals surface area contributed by atoms with Gasteiger partial charge in [0.05, 0.1) is 5.69 Å². The van der Waals surface area contributed by atoms with Gasteiger partial charge < -0.3 is 16.0 Å². The quantitative estimate of drug-likeness (QED) is 0.722. The Hall–Kier alpha value is -1.88. The smallest absolute Gasteiger partial charge is 0.314 e. The highest BCUT2D eigenvalue weighted by Crippen LogP contribution is 2.51. The lowest BCUT2D eigenvalue weighted by atomic mass is 9.63. The summed E-state index contributed by atoms with van der Waals surface area (Å²) in [7, 11) is 0. The van der Waals surface area contributed by atoms with Crippen LogP contribution in [0.1, 0.15) is 11.5 Å². The molecule has 3 aliphatic rings. The molecule has 0 aromatic heterocycles. The molecule has 5 heteroatoms. The van der Waals surface area contributed by atoms with Crippen molar-refractivity contribution in [2.75, 3.05) is 26.2 Å². The van der Waals surface area contributed by atoms with Crippen LogP contribution in [0.4, 0.5) is 10.5 Å². The van der Waals surface area contributed by atoms with Crippen molar-refractivity contribution in [1.29, 1.82) is 0 Å². The van der Waals surface area contributed by atoms with Crippen molar-refractivity contribution in [1.82, 2.24) is 10.2 Å². The van der Waals surface area contributed by atoms with Crippen molar-refractivity contribution in [3.8, 4) is 0 Å². The van der Waals surface area contributed by atoms with Crippen LogP contribution >= 0.6 is 0 Å². The van der Waals surface area contributed by atoms with E-state index in [1.807, 2.05) is 6.07 Å². The van der Waals surface area contributed by atoms with Crippen LogP contribution in [0.25, 0.3) is 0 Å². The number of nitrogens with two attached hydrogens (primary N) is 1. The fraction of sp³-hybridized carbons (Fsp3) is 0.429. The van der Waals surface area contributed by atoms with Crippen LogP contribution in [0, 0.1) is 5.41 Å². The van der Waals surface area contributed by atoms with Crippen LogP contribution in [0.3, 0.4) is 0 Å². The second-order valence-corrected chi connectivity index (χ2v) is 5.76. The first-order valence-electron chi connectivity index (χ1n) is 6.61. The van der Waals surface area contributed by atoms with Gasteiger partial charge in [-0.1, -0.05) is 18.2 Å². The third-order valence-corrected chi connectivity index (χ3v) is 4.56. The number of nitrogens with zero attached hydrogens (tertiary/aromatic N) is 2. The van der Waals surface area contributed by atoms with Gasteiger partial charge in [-0.25, -0.2) is 4.79 Å². The summed E-state index contributed by atoms with van der Waals surface area (Å²) in [5, 5.41) is 3.43. The molecule has 3 N–H and O–H groups in total. The molecule has 19 heavy (non-hydrogen) atoms. The first-order chi connectivity index (χ1) is 9.20. The second kappa shape index (κ2) is 3.57. The largest absolute Gasteiger partial charge is 0.351 e. The summed E-state index contributed by atoms with van der Waals surface area (Å²) in [5.74, 6) is 0.348. The van der Waals surface area contributed by atoms with E-state index < -0.39 is 0 Å². The van der Waals surface area contributed by atoms with Crippen molar-refractivity contribution < 1.29 is 4.79 Å². The number of likely N-dealkylation sites (tertiary alicyclic amines) is 1. The molecular weight excluding hydrogens is 240 g/mol. The summed E-state index contributed by atoms with van der Waals surface area (Å²) in [6, 6.07) is 8.00. The van der Waals surface area contributed by atoms with Gasteiger partial charge in [-0.15, -0.1) is 0 Å². The zero-order valence-corrected chi connectivity index (χ0v) is 10.6. The maximum atomic E-state index is 11.2. The average Bonchev–Trinajstić information content (AvgIpc) is 2.74. The van der Waals surface area contributed by atoms with Gasteiger partial charge >= 0.3 is 6.03 Å². The predicted octanol–water partition coefficient (Wildman–Crippen LogP) is 0.840. The number of rotatable bonds is 0. The molecule has 0 bridgehead atoms. The molecule has 0 aliphatic carbocycles. The Morgan fingerprint density at radius 1 is 1.42 bits per heavy atom. The Bertz CT molecular complexity index is 589. The van der Waals surface area contributed by atoms with Gasteiger partial charge in [0.2, 0.25) is 0 Å². The number of benzene rings is 1. The molecule has 1 aromatic carbocycles. The molecule has 4 rings (SSSR count). The Kier molecular flexibility index (Phi) is 2.07. The first-order valence-corrected chi connectivity index (χ1v) is 6.61. The van der Waals surface area contributed by atoms with Crippen molar-refractivity contribution in [2.24, 2.45) is 16.1 Å². The number of urea groups is 1. The van der Waals surface area contributed by atoms with Crippen molar-refractivity contribution >= 4 is 17.4 Å². The summed E-state index contributed by atoms with van der Waals surface area (Å²) >= 11 is 0. The lowest BCUT2D eigenvalue weighted by molar-refractivity contribution is 0.0235. The van der Waals surface area contributed by atoms with Gasteiger partial charge in [0, 0.05) is 43.2 Å². The Morgan fingerprint density at radius 2 is 2.21 bits per heavy atom. The third kappa shape index (κ3) is 1.39. The van der Waals surface area contributed by atoms with E-state index in [1.165, 1.54) is 11.3 Å². The molecule has 1 unspecified atom stereocenters. The fourth-order valence-electron chi connectivity index (χ4n) is 3.76. The zero-order valence-electron chi connectivity index (χ0n) is 10.6. The molecule has 0 saturated carbocycles. The molecular formula is C14H16N4O. The number of nitrogens with one attached hydrogen (secondary N) is 1. The molecule has 1 atom stereocenters. The summed E-state index contributed by atoms with van der Waals surface area (Å²) in [6.07, 6.45) is 0. The average molecular weight is 256 g/mol. The maximum Gasteiger partial charge on any atom is 0.314 e. The predicted molar refractivity (Wildman–Crippen MR) is 72.7 cm³/mol. The Balaban J connectivity index is 1.72. The molecule has 0 radical (unpaired) electrons. The van der Waals surface area contributed by atoms with E-state index in [2.05, 4.69) is 23.5 Å². The van der Waals surface area contributed by atoms with Crippen molar-refractivity contribution in [2.45, 2.75) is 5.92 Å². The van der Waals surface area contributed by atoms with E-state index in [4.69, 9.17) is 10.7 Å². The van der Waals surface area contributed by atoms with Crippen LogP contribution in [0.15, 0.2) is 29.3 Å². The number of primary amides is 1. The minimum absolute atomic E-state index is 0.0821. The lowest BCUT2D eigenvalue weighted by Gasteiger charge is -2.55. The maximum absolute atomic E-state index is 11.2. The molecule has 5 nitrogen and oxygen atoms in total. The van der Waals surface area contributed by atoms with Crippen LogP contribution in [-0.2, 0) is 0 Å². The molecule has 3 heterocycles. The van der Waals surface area contributed by atoms with Gasteiger partial charge in [-0.2, -0.15) is 0 Å². The van der Waals surface area contributed by atoms with E-state index in [0.29, 0.717) is 5.92 Å². The van der Waals surface area contributed by atoms with Crippen LogP contribution < -0.4 is 11.1 Å². The minimum atomic E-state index is -0.319. The van der Waals surface area contributed by atoms with Crippen molar-refractivity contribution in [3.63, 3.8) is 0 Å². The number of carbonyl (C=O) groups is 1. The number of carbonyl (C=O) groups excluding carboxylic acids is 1. The van der Waals surface area contributed by atoms with E-state index in [0.717, 1.165) is 31.9 Å². The van der Waals surface area contributed by atoms with E-state index in [1.54, 1.807) is 4.90 Å². The lowest BCUT2D eigenvalue weighted by Crippen LogP contribution is -2.68. The number of piperidine rings is 1. The Labute approximate surface area is 111 Å². The van der Waals surface area contributed by atoms with Crippen molar-refractivity contribution in [3.05, 3.63) is 29.8 Å². The number of hydrogen-bond donors (Lipinski definition) is 2. The molecule has 2 fully saturated rings. The van der Waals surface area contributed by atoms with Crippen LogP contribution in [0.2, 0.25) is 0 Å². The summed E-state index contributed by atoms with van der Waals surface area (Å²) in [6.45, 7) is 3.23. The number of fused-ring (bicyclic) bond motifs is 4. The van der Waals surface area contributed by atoms with Crippen LogP contribution in [-0.4, -0.2) is 42.8 Å². The molecule has 3 aliphatic heterocycles. The van der Waals surface area contributed by atoms with E-state index >= 15 is 0 Å². The van der Waals surface area contributed by atoms with Gasteiger partial charge in [0.1, 0.15) is 0 Å². The number of amides is 2. The summed E-state index contributed by atoms with van der Waals surface area (Å²) < 4.78 is 0. The first kappa shape index (κ1) is 11.0. The Morgan fingerprint density at radius 3 is 3.00 bits per heavy atom. The second-order valence-electron chi connectivity index (χ2n) is 5.76. The topological polar surface area (TPSA) is 70.7 Å². The normalized spacial score (nSPS) is 26.4. The van der Waals surface area contributed by atoms with Crippen LogP contribution in [0.5, 0.6) is 0 Å². The third-order valence-electron chi connectivity index (χ3n) is 4.56. The summed E-state index contributed by atoms with van der Waals surface area (Å²) in [5.41, 5.74) is 9.04. The van der Waals surface area contributed by atoms with Gasteiger partial charge in [-0.05, 0) is 11.6 Å². The zero-order chi connectivity index (χ0) is 13.0. The summed E-state index contributed by atoms with van der Waals surface area (Å²) in [4.78, 5) is 17.7. The van der Waals surface area contributed by atoms with Gasteiger partial charge in [0.25, 0.3) is 0 Å². The monoisotopic (exact) mass is 256 g/mol. The SMILES string of the molecule is NC(=O)N1CC2(CNCC3=Nc4ccccc4C32)C1. The van der Waals surface area contributed by atoms with E-state index in [9.17, 15) is 4.79 Å².